The van der Waals surface area contributed by atoms with E-state index < -0.39 is 23.4 Å². The molecule has 1 aliphatic carbocycles. The minimum atomic E-state index is -0.588. The first-order valence-electron chi connectivity index (χ1n) is 11.8. The van der Waals surface area contributed by atoms with Gasteiger partial charge in [-0.2, -0.15) is 0 Å². The second-order valence-corrected chi connectivity index (χ2v) is 10.0. The van der Waals surface area contributed by atoms with Crippen LogP contribution in [0.2, 0.25) is 0 Å². The van der Waals surface area contributed by atoms with Gasteiger partial charge >= 0.3 is 5.97 Å². The van der Waals surface area contributed by atoms with Gasteiger partial charge in [0.2, 0.25) is 0 Å². The molecule has 1 N–H and O–H groups in total. The number of carbonyl (C=O) groups is 2. The zero-order valence-electron chi connectivity index (χ0n) is 20.8. The molecule has 2 aromatic carbocycles. The van der Waals surface area contributed by atoms with Crippen LogP contribution in [0.1, 0.15) is 48.8 Å². The van der Waals surface area contributed by atoms with Gasteiger partial charge in [-0.05, 0) is 48.3 Å². The van der Waals surface area contributed by atoms with Crippen LogP contribution in [-0.2, 0) is 22.4 Å². The fraction of sp³-hybridized carbons (Fsp3) is 0.370. The molecule has 0 bridgehead atoms. The van der Waals surface area contributed by atoms with Gasteiger partial charge in [-0.1, -0.05) is 39.0 Å². The van der Waals surface area contributed by atoms with Crippen LogP contribution in [0.5, 0.6) is 5.75 Å². The van der Waals surface area contributed by atoms with Gasteiger partial charge in [-0.25, -0.2) is 4.79 Å². The van der Waals surface area contributed by atoms with Crippen molar-refractivity contribution in [2.45, 2.75) is 40.0 Å². The third-order valence-corrected chi connectivity index (χ3v) is 6.69. The molecule has 0 spiro atoms. The van der Waals surface area contributed by atoms with Crippen molar-refractivity contribution in [3.8, 4) is 5.75 Å². The Balaban J connectivity index is 1.56. The summed E-state index contributed by atoms with van der Waals surface area (Å²) in [6, 6.07) is 11.3. The molecule has 9 heteroatoms. The molecule has 9 nitrogen and oxygen atoms in total. The summed E-state index contributed by atoms with van der Waals surface area (Å²) in [5.74, 6) is -0.649. The number of aryl methyl sites for hydroxylation is 1. The Hall–Kier alpha value is -4.01. The summed E-state index contributed by atoms with van der Waals surface area (Å²) in [5.41, 5.74) is 3.13. The predicted molar refractivity (Wildman–Crippen MR) is 135 cm³/mol. The van der Waals surface area contributed by atoms with E-state index in [9.17, 15) is 19.7 Å². The predicted octanol–water partition coefficient (Wildman–Crippen LogP) is 5.10. The molecule has 0 unspecified atom stereocenters. The van der Waals surface area contributed by atoms with Gasteiger partial charge in [0, 0.05) is 17.1 Å². The van der Waals surface area contributed by atoms with Gasteiger partial charge in [0.1, 0.15) is 5.75 Å². The zero-order valence-corrected chi connectivity index (χ0v) is 20.8. The fourth-order valence-corrected chi connectivity index (χ4v) is 4.65. The summed E-state index contributed by atoms with van der Waals surface area (Å²) in [4.78, 5) is 41.2. The van der Waals surface area contributed by atoms with E-state index in [1.807, 2.05) is 24.3 Å². The number of benzene rings is 2. The van der Waals surface area contributed by atoms with Crippen molar-refractivity contribution < 1.29 is 24.0 Å². The van der Waals surface area contributed by atoms with E-state index in [4.69, 9.17) is 14.5 Å². The van der Waals surface area contributed by atoms with Gasteiger partial charge in [0.15, 0.2) is 6.61 Å². The van der Waals surface area contributed by atoms with Gasteiger partial charge in [0.05, 0.1) is 34.9 Å². The minimum absolute atomic E-state index is 0.0776. The third kappa shape index (κ3) is 5.15. The van der Waals surface area contributed by atoms with Crippen molar-refractivity contribution in [1.29, 1.82) is 0 Å². The highest BCUT2D eigenvalue weighted by atomic mass is 16.6. The smallest absolute Gasteiger partial charge is 0.339 e. The molecule has 1 aromatic heterocycles. The lowest BCUT2D eigenvalue weighted by Gasteiger charge is -2.35. The van der Waals surface area contributed by atoms with E-state index in [1.165, 1.54) is 25.3 Å². The first-order valence-corrected chi connectivity index (χ1v) is 11.8. The number of carbonyl (C=O) groups excluding carboxylic acids is 2. The Labute approximate surface area is 209 Å². The zero-order chi connectivity index (χ0) is 26.0. The number of para-hydroxylation sites is 1. The molecule has 1 heterocycles. The lowest BCUT2D eigenvalue weighted by Crippen LogP contribution is -2.29. The summed E-state index contributed by atoms with van der Waals surface area (Å²) in [6.07, 6.45) is 2.49. The second kappa shape index (κ2) is 9.93. The number of amides is 1. The van der Waals surface area contributed by atoms with Crippen molar-refractivity contribution in [3.05, 3.63) is 69.4 Å². The summed E-state index contributed by atoms with van der Waals surface area (Å²) < 4.78 is 10.6. The Bertz CT molecular complexity index is 1350. The maximum atomic E-state index is 13.4. The maximum absolute atomic E-state index is 13.4. The minimum Gasteiger partial charge on any atom is -0.494 e. The Kier molecular flexibility index (Phi) is 6.92. The van der Waals surface area contributed by atoms with Gasteiger partial charge < -0.3 is 14.8 Å². The van der Waals surface area contributed by atoms with E-state index in [1.54, 1.807) is 0 Å². The number of pyridine rings is 1. The number of aromatic nitrogens is 1. The summed E-state index contributed by atoms with van der Waals surface area (Å²) >= 11 is 0. The van der Waals surface area contributed by atoms with Crippen LogP contribution < -0.4 is 10.1 Å². The molecule has 0 aliphatic heterocycles. The fourth-order valence-electron chi connectivity index (χ4n) is 4.65. The van der Waals surface area contributed by atoms with E-state index in [0.29, 0.717) is 23.3 Å². The highest BCUT2D eigenvalue weighted by molar-refractivity contribution is 6.06. The van der Waals surface area contributed by atoms with Crippen LogP contribution in [0.4, 0.5) is 11.4 Å². The molecule has 1 aliphatic rings. The molecule has 36 heavy (non-hydrogen) atoms. The van der Waals surface area contributed by atoms with Crippen LogP contribution >= 0.6 is 0 Å². The van der Waals surface area contributed by atoms with E-state index in [2.05, 4.69) is 26.1 Å². The lowest BCUT2D eigenvalue weighted by molar-refractivity contribution is -0.384. The van der Waals surface area contributed by atoms with Crippen molar-refractivity contribution in [2.75, 3.05) is 19.0 Å². The standard InChI is InChI=1S/C27H29N3O6/c1-27(2,3)16-9-11-21-19(13-16)25(18-7-5-6-8-20(18)28-21)26(32)36-15-24(31)29-22-12-10-17(30(33)34)14-23(22)35-4/h5-8,10,12,14,16H,9,11,13,15H2,1-4H3,(H,29,31)/t16-/m0/s1. The maximum Gasteiger partial charge on any atom is 0.339 e. The number of fused-ring (bicyclic) bond motifs is 2. The Morgan fingerprint density at radius 3 is 2.64 bits per heavy atom. The number of methoxy groups -OCH3 is 1. The van der Waals surface area contributed by atoms with Gasteiger partial charge in [-0.15, -0.1) is 0 Å². The SMILES string of the molecule is COc1cc([N+](=O)[O-])ccc1NC(=O)COC(=O)c1c2c(nc3ccccc13)CC[C@H](C(C)(C)C)C2. The molecule has 188 valence electrons. The molecule has 0 saturated heterocycles. The molecule has 0 fully saturated rings. The van der Waals surface area contributed by atoms with Crippen LogP contribution in [-0.4, -0.2) is 35.5 Å². The molecule has 3 aromatic rings. The number of hydrogen-bond acceptors (Lipinski definition) is 7. The molecule has 0 saturated carbocycles. The molecule has 1 amide bonds. The van der Waals surface area contributed by atoms with E-state index in [-0.39, 0.29) is 22.5 Å². The lowest BCUT2D eigenvalue weighted by atomic mass is 9.70. The number of nitro groups is 1. The van der Waals surface area contributed by atoms with Crippen LogP contribution in [0.3, 0.4) is 0 Å². The van der Waals surface area contributed by atoms with Crippen molar-refractivity contribution in [2.24, 2.45) is 11.3 Å². The highest BCUT2D eigenvalue weighted by Gasteiger charge is 2.33. The summed E-state index contributed by atoms with van der Waals surface area (Å²) in [5, 5.41) is 14.3. The Morgan fingerprint density at radius 2 is 1.94 bits per heavy atom. The number of hydrogen-bond donors (Lipinski definition) is 1. The topological polar surface area (TPSA) is 121 Å². The monoisotopic (exact) mass is 491 g/mol. The van der Waals surface area contributed by atoms with Crippen molar-refractivity contribution in [3.63, 3.8) is 0 Å². The average molecular weight is 492 g/mol. The Morgan fingerprint density at radius 1 is 1.19 bits per heavy atom. The van der Waals surface area contributed by atoms with E-state index >= 15 is 0 Å². The number of nitrogens with one attached hydrogen (secondary N) is 1. The number of rotatable bonds is 6. The quantitative estimate of drug-likeness (QED) is 0.289. The van der Waals surface area contributed by atoms with Crippen molar-refractivity contribution >= 4 is 34.2 Å². The first-order chi connectivity index (χ1) is 17.1. The second-order valence-electron chi connectivity index (χ2n) is 10.0. The number of esters is 1. The van der Waals surface area contributed by atoms with Crippen LogP contribution in [0, 0.1) is 21.4 Å². The van der Waals surface area contributed by atoms with Crippen LogP contribution in [0.25, 0.3) is 10.9 Å². The van der Waals surface area contributed by atoms with Gasteiger partial charge in [0.25, 0.3) is 11.6 Å². The third-order valence-electron chi connectivity index (χ3n) is 6.69. The normalized spacial score (nSPS) is 15.2. The van der Waals surface area contributed by atoms with Crippen LogP contribution in [0.15, 0.2) is 42.5 Å². The molecule has 1 atom stereocenters. The largest absolute Gasteiger partial charge is 0.494 e. The molecular weight excluding hydrogens is 462 g/mol. The average Bonchev–Trinajstić information content (AvgIpc) is 2.85. The first kappa shape index (κ1) is 25.1. The molecule has 4 rings (SSSR count). The van der Waals surface area contributed by atoms with Gasteiger partial charge in [-0.3, -0.25) is 19.9 Å². The summed E-state index contributed by atoms with van der Waals surface area (Å²) in [6.45, 7) is 6.08. The number of non-ortho nitro benzene ring substituents is 1. The number of ether oxygens (including phenoxy) is 2. The number of anilines is 1. The highest BCUT2D eigenvalue weighted by Crippen LogP contribution is 2.39. The number of nitrogens with zero attached hydrogens (tertiary/aromatic N) is 2. The molecular formula is C27H29N3O6. The van der Waals surface area contributed by atoms with Crippen molar-refractivity contribution in [1.82, 2.24) is 4.98 Å². The van der Waals surface area contributed by atoms with E-state index in [0.717, 1.165) is 29.6 Å². The molecule has 0 radical (unpaired) electrons. The number of nitro benzene ring substituents is 1. The summed E-state index contributed by atoms with van der Waals surface area (Å²) in [7, 11) is 1.34.